The third-order valence-electron chi connectivity index (χ3n) is 3.90. The van der Waals surface area contributed by atoms with E-state index >= 15 is 0 Å². The van der Waals surface area contributed by atoms with Crippen molar-refractivity contribution in [3.63, 3.8) is 0 Å². The highest BCUT2D eigenvalue weighted by atomic mass is 35.5. The number of benzene rings is 2. The minimum atomic E-state index is 0.162. The molecule has 0 aliphatic heterocycles. The van der Waals surface area contributed by atoms with E-state index in [1.165, 1.54) is 22.4 Å². The molecule has 0 bridgehead atoms. The van der Waals surface area contributed by atoms with Crippen molar-refractivity contribution in [3.8, 4) is 0 Å². The maximum absolute atomic E-state index is 6.08. The Balaban J connectivity index is 2.39. The lowest BCUT2D eigenvalue weighted by atomic mass is 9.99. The maximum atomic E-state index is 6.08. The van der Waals surface area contributed by atoms with E-state index in [0.29, 0.717) is 6.54 Å². The Hall–Kier alpha value is -1.51. The number of likely N-dealkylation sites (N-methyl/N-ethyl adjacent to an activating group) is 1. The van der Waals surface area contributed by atoms with Gasteiger partial charge >= 0.3 is 0 Å². The molecule has 0 aliphatic carbocycles. The number of anilines is 1. The summed E-state index contributed by atoms with van der Waals surface area (Å²) in [4.78, 5) is 2.34. The van der Waals surface area contributed by atoms with Crippen LogP contribution in [-0.4, -0.2) is 13.1 Å². The van der Waals surface area contributed by atoms with Crippen molar-refractivity contribution in [2.75, 3.05) is 18.0 Å². The third-order valence-corrected chi connectivity index (χ3v) is 4.13. The summed E-state index contributed by atoms with van der Waals surface area (Å²) in [6, 6.07) is 14.8. The number of nitrogens with zero attached hydrogens (tertiary/aromatic N) is 1. The predicted molar refractivity (Wildman–Crippen MR) is 92.2 cm³/mol. The van der Waals surface area contributed by atoms with E-state index in [-0.39, 0.29) is 6.04 Å². The topological polar surface area (TPSA) is 29.3 Å². The highest BCUT2D eigenvalue weighted by Crippen LogP contribution is 2.29. The molecule has 0 heterocycles. The van der Waals surface area contributed by atoms with Gasteiger partial charge in [-0.15, -0.1) is 0 Å². The third kappa shape index (κ3) is 3.58. The average molecular weight is 303 g/mol. The highest BCUT2D eigenvalue weighted by Gasteiger charge is 2.20. The second-order valence-corrected chi connectivity index (χ2v) is 5.81. The number of hydrogen-bond donors (Lipinski definition) is 1. The van der Waals surface area contributed by atoms with E-state index in [4.69, 9.17) is 17.3 Å². The summed E-state index contributed by atoms with van der Waals surface area (Å²) < 4.78 is 0. The zero-order chi connectivity index (χ0) is 15.4. The maximum Gasteiger partial charge on any atom is 0.0667 e. The molecule has 0 amide bonds. The first-order valence-electron chi connectivity index (χ1n) is 7.36. The molecule has 2 aromatic carbocycles. The summed E-state index contributed by atoms with van der Waals surface area (Å²) in [5, 5.41) is 0.769. The zero-order valence-electron chi connectivity index (χ0n) is 12.9. The van der Waals surface area contributed by atoms with Crippen LogP contribution in [0.5, 0.6) is 0 Å². The molecule has 2 N–H and O–H groups in total. The molecule has 2 nitrogen and oxygen atoms in total. The summed E-state index contributed by atoms with van der Waals surface area (Å²) in [7, 11) is 0. The predicted octanol–water partition coefficient (Wildman–Crippen LogP) is 4.48. The molecular weight excluding hydrogens is 280 g/mol. The molecule has 3 heteroatoms. The summed E-state index contributed by atoms with van der Waals surface area (Å²) in [6.07, 6.45) is 0. The fourth-order valence-corrected chi connectivity index (χ4v) is 2.98. The number of rotatable bonds is 5. The number of aryl methyl sites for hydroxylation is 2. The fourth-order valence-electron chi connectivity index (χ4n) is 2.75. The molecule has 0 aliphatic rings. The lowest BCUT2D eigenvalue weighted by molar-refractivity contribution is 0.640. The molecule has 2 rings (SSSR count). The second kappa shape index (κ2) is 6.97. The Morgan fingerprint density at radius 2 is 1.76 bits per heavy atom. The normalized spacial score (nSPS) is 12.2. The summed E-state index contributed by atoms with van der Waals surface area (Å²) >= 11 is 6.07. The van der Waals surface area contributed by atoms with Gasteiger partial charge in [0.1, 0.15) is 0 Å². The molecule has 1 unspecified atom stereocenters. The van der Waals surface area contributed by atoms with Crippen LogP contribution in [0, 0.1) is 13.8 Å². The van der Waals surface area contributed by atoms with Crippen LogP contribution < -0.4 is 10.6 Å². The number of nitrogens with two attached hydrogens (primary N) is 1. The summed E-state index contributed by atoms with van der Waals surface area (Å²) in [5.74, 6) is 0. The van der Waals surface area contributed by atoms with Crippen LogP contribution in [0.3, 0.4) is 0 Å². The first kappa shape index (κ1) is 15.9. The Morgan fingerprint density at radius 3 is 2.29 bits per heavy atom. The average Bonchev–Trinajstić information content (AvgIpc) is 2.47. The van der Waals surface area contributed by atoms with Crippen LogP contribution in [0.25, 0.3) is 0 Å². The van der Waals surface area contributed by atoms with Crippen LogP contribution in [0.1, 0.15) is 29.7 Å². The van der Waals surface area contributed by atoms with Gasteiger partial charge in [-0.2, -0.15) is 0 Å². The van der Waals surface area contributed by atoms with Crippen molar-refractivity contribution in [2.45, 2.75) is 26.8 Å². The Morgan fingerprint density at radius 1 is 1.10 bits per heavy atom. The van der Waals surface area contributed by atoms with Crippen LogP contribution in [-0.2, 0) is 0 Å². The molecule has 112 valence electrons. The molecule has 0 saturated heterocycles. The van der Waals surface area contributed by atoms with Crippen molar-refractivity contribution in [2.24, 2.45) is 5.73 Å². The van der Waals surface area contributed by atoms with Gasteiger partial charge in [-0.05, 0) is 56.2 Å². The van der Waals surface area contributed by atoms with Crippen molar-refractivity contribution >= 4 is 17.3 Å². The van der Waals surface area contributed by atoms with Gasteiger partial charge in [-0.1, -0.05) is 35.4 Å². The minimum Gasteiger partial charge on any atom is -0.363 e. The molecule has 0 saturated carbocycles. The first-order chi connectivity index (χ1) is 10.1. The molecule has 0 aromatic heterocycles. The Labute approximate surface area is 132 Å². The van der Waals surface area contributed by atoms with Crippen molar-refractivity contribution in [1.82, 2.24) is 0 Å². The number of halogens is 1. The molecule has 21 heavy (non-hydrogen) atoms. The van der Waals surface area contributed by atoms with E-state index in [1.54, 1.807) is 0 Å². The van der Waals surface area contributed by atoms with E-state index in [0.717, 1.165) is 11.6 Å². The Bertz CT molecular complexity index is 593. The summed E-state index contributed by atoms with van der Waals surface area (Å²) in [6.45, 7) is 7.83. The van der Waals surface area contributed by atoms with Crippen molar-refractivity contribution < 1.29 is 0 Å². The quantitative estimate of drug-likeness (QED) is 0.882. The second-order valence-electron chi connectivity index (χ2n) is 5.37. The van der Waals surface area contributed by atoms with E-state index in [9.17, 15) is 0 Å². The molecule has 0 spiro atoms. The SMILES string of the molecule is CCN(c1ccc(C)cc1)C(CN)c1ccc(Cl)cc1C. The van der Waals surface area contributed by atoms with Gasteiger partial charge < -0.3 is 10.6 Å². The zero-order valence-corrected chi connectivity index (χ0v) is 13.7. The van der Waals surface area contributed by atoms with Crippen molar-refractivity contribution in [1.29, 1.82) is 0 Å². The number of hydrogen-bond acceptors (Lipinski definition) is 2. The largest absolute Gasteiger partial charge is 0.363 e. The van der Waals surface area contributed by atoms with Crippen LogP contribution in [0.4, 0.5) is 5.69 Å². The van der Waals surface area contributed by atoms with Crippen LogP contribution in [0.2, 0.25) is 5.02 Å². The van der Waals surface area contributed by atoms with E-state index < -0.39 is 0 Å². The molecule has 0 fully saturated rings. The lowest BCUT2D eigenvalue weighted by Crippen LogP contribution is -2.34. The highest BCUT2D eigenvalue weighted by molar-refractivity contribution is 6.30. The van der Waals surface area contributed by atoms with Gasteiger partial charge in [0, 0.05) is 23.8 Å². The van der Waals surface area contributed by atoms with Gasteiger partial charge in [-0.25, -0.2) is 0 Å². The smallest absolute Gasteiger partial charge is 0.0667 e. The lowest BCUT2D eigenvalue weighted by Gasteiger charge is -2.33. The summed E-state index contributed by atoms with van der Waals surface area (Å²) in [5.41, 5.74) is 11.0. The van der Waals surface area contributed by atoms with Gasteiger partial charge in [0.25, 0.3) is 0 Å². The molecule has 1 atom stereocenters. The standard InChI is InChI=1S/C18H23ClN2/c1-4-21(16-8-5-13(2)6-9-16)18(12-20)17-10-7-15(19)11-14(17)3/h5-11,18H,4,12,20H2,1-3H3. The van der Waals surface area contributed by atoms with E-state index in [1.807, 2.05) is 12.1 Å². The van der Waals surface area contributed by atoms with Gasteiger partial charge in [0.15, 0.2) is 0 Å². The monoisotopic (exact) mass is 302 g/mol. The van der Waals surface area contributed by atoms with Crippen molar-refractivity contribution in [3.05, 3.63) is 64.2 Å². The first-order valence-corrected chi connectivity index (χ1v) is 7.74. The minimum absolute atomic E-state index is 0.162. The Kier molecular flexibility index (Phi) is 5.27. The molecule has 0 radical (unpaired) electrons. The van der Waals surface area contributed by atoms with Crippen LogP contribution >= 0.6 is 11.6 Å². The van der Waals surface area contributed by atoms with Gasteiger partial charge in [0.05, 0.1) is 6.04 Å². The fraction of sp³-hybridized carbons (Fsp3) is 0.333. The molecule has 2 aromatic rings. The van der Waals surface area contributed by atoms with Gasteiger partial charge in [-0.3, -0.25) is 0 Å². The van der Waals surface area contributed by atoms with Gasteiger partial charge in [0.2, 0.25) is 0 Å². The molecular formula is C18H23ClN2. The van der Waals surface area contributed by atoms with E-state index in [2.05, 4.69) is 56.0 Å². The van der Waals surface area contributed by atoms with Crippen LogP contribution in [0.15, 0.2) is 42.5 Å².